The lowest BCUT2D eigenvalue weighted by Gasteiger charge is -2.25. The van der Waals surface area contributed by atoms with Gasteiger partial charge in [-0.15, -0.1) is 0 Å². The Morgan fingerprint density at radius 2 is 1.55 bits per heavy atom. The molecule has 0 spiro atoms. The highest BCUT2D eigenvalue weighted by atomic mass is 19.4. The molecule has 0 aromatic heterocycles. The molecule has 0 atom stereocenters. The first-order valence-corrected chi connectivity index (χ1v) is 12.2. The molecule has 3 aromatic carbocycles. The number of benzene rings is 3. The predicted octanol–water partition coefficient (Wildman–Crippen LogP) is 8.93. The van der Waals surface area contributed by atoms with Crippen molar-refractivity contribution in [3.8, 4) is 16.9 Å². The van der Waals surface area contributed by atoms with Crippen LogP contribution in [-0.4, -0.2) is 25.2 Å². The Hall–Kier alpha value is -3.95. The average Bonchev–Trinajstić information content (AvgIpc) is 2.90. The van der Waals surface area contributed by atoms with Gasteiger partial charge in [-0.3, -0.25) is 4.90 Å². The molecule has 0 saturated heterocycles. The Kier molecular flexibility index (Phi) is 9.22. The maximum Gasteiger partial charge on any atom is 0.416 e. The standard InChI is InChI=1S/C30H29F6NO3/c1-6-19-11-20(13-24(12-19)30(34,35)36)16-37(28(38)40-5)17-22-14-23(29(31,32)33)8-9-25(22)26-15-21(18(2)3)7-10-27(26)39-4/h6-15,18H,1,16-17H2,2-5H3. The number of carbonyl (C=O) groups excluding carboxylic acids is 1. The number of ether oxygens (including phenoxy) is 2. The highest BCUT2D eigenvalue weighted by Crippen LogP contribution is 2.39. The number of hydrogen-bond acceptors (Lipinski definition) is 3. The Balaban J connectivity index is 2.17. The summed E-state index contributed by atoms with van der Waals surface area (Å²) in [7, 11) is 2.52. The minimum Gasteiger partial charge on any atom is -0.496 e. The van der Waals surface area contributed by atoms with E-state index in [0.29, 0.717) is 16.9 Å². The third-order valence-electron chi connectivity index (χ3n) is 6.36. The van der Waals surface area contributed by atoms with Crippen molar-refractivity contribution in [2.75, 3.05) is 14.2 Å². The van der Waals surface area contributed by atoms with Crippen LogP contribution in [0.15, 0.2) is 61.2 Å². The molecule has 0 aliphatic rings. The van der Waals surface area contributed by atoms with E-state index in [1.54, 1.807) is 12.1 Å². The summed E-state index contributed by atoms with van der Waals surface area (Å²) in [4.78, 5) is 13.8. The van der Waals surface area contributed by atoms with Crippen molar-refractivity contribution in [2.45, 2.75) is 45.2 Å². The van der Waals surface area contributed by atoms with Crippen molar-refractivity contribution in [2.24, 2.45) is 0 Å². The maximum absolute atomic E-state index is 13.7. The number of carbonyl (C=O) groups is 1. The molecular weight excluding hydrogens is 536 g/mol. The Labute approximate surface area is 228 Å². The molecule has 214 valence electrons. The van der Waals surface area contributed by atoms with E-state index in [2.05, 4.69) is 6.58 Å². The predicted molar refractivity (Wildman–Crippen MR) is 141 cm³/mol. The first kappa shape index (κ1) is 30.6. The van der Waals surface area contributed by atoms with Crippen molar-refractivity contribution >= 4 is 12.2 Å². The normalized spacial score (nSPS) is 11.9. The molecule has 1 amide bonds. The molecule has 0 heterocycles. The van der Waals surface area contributed by atoms with Crippen LogP contribution in [0.2, 0.25) is 0 Å². The molecule has 40 heavy (non-hydrogen) atoms. The molecule has 3 rings (SSSR count). The zero-order chi connectivity index (χ0) is 29.8. The second-order valence-electron chi connectivity index (χ2n) is 9.48. The largest absolute Gasteiger partial charge is 0.496 e. The molecule has 0 aliphatic carbocycles. The van der Waals surface area contributed by atoms with E-state index in [1.165, 1.54) is 25.3 Å². The number of rotatable bonds is 8. The number of hydrogen-bond donors (Lipinski definition) is 0. The van der Waals surface area contributed by atoms with Crippen LogP contribution in [0.3, 0.4) is 0 Å². The Morgan fingerprint density at radius 1 is 0.875 bits per heavy atom. The maximum atomic E-state index is 13.7. The summed E-state index contributed by atoms with van der Waals surface area (Å²) in [5.41, 5.74) is 0.283. The van der Waals surface area contributed by atoms with Gasteiger partial charge in [0.1, 0.15) is 5.75 Å². The average molecular weight is 566 g/mol. The van der Waals surface area contributed by atoms with Gasteiger partial charge in [0.15, 0.2) is 0 Å². The van der Waals surface area contributed by atoms with Crippen LogP contribution in [0.4, 0.5) is 31.1 Å². The van der Waals surface area contributed by atoms with Crippen molar-refractivity contribution < 1.29 is 40.6 Å². The fourth-order valence-corrected chi connectivity index (χ4v) is 4.29. The monoisotopic (exact) mass is 565 g/mol. The van der Waals surface area contributed by atoms with E-state index in [-0.39, 0.29) is 35.7 Å². The van der Waals surface area contributed by atoms with Gasteiger partial charge in [-0.25, -0.2) is 4.79 Å². The fraction of sp³-hybridized carbons (Fsp3) is 0.300. The third-order valence-corrected chi connectivity index (χ3v) is 6.36. The molecular formula is C30H29F6NO3. The molecule has 0 unspecified atom stereocenters. The fourth-order valence-electron chi connectivity index (χ4n) is 4.29. The summed E-state index contributed by atoms with van der Waals surface area (Å²) in [5.74, 6) is 0.512. The molecule has 0 N–H and O–H groups in total. The summed E-state index contributed by atoms with van der Waals surface area (Å²) in [6, 6.07) is 11.7. The first-order chi connectivity index (χ1) is 18.7. The molecule has 0 aliphatic heterocycles. The van der Waals surface area contributed by atoms with Crippen LogP contribution in [0, 0.1) is 0 Å². The van der Waals surface area contributed by atoms with Gasteiger partial charge >= 0.3 is 18.4 Å². The van der Waals surface area contributed by atoms with E-state index in [9.17, 15) is 31.1 Å². The van der Waals surface area contributed by atoms with Gasteiger partial charge in [0.25, 0.3) is 0 Å². The summed E-state index contributed by atoms with van der Waals surface area (Å²) >= 11 is 0. The lowest BCUT2D eigenvalue weighted by Crippen LogP contribution is -2.30. The first-order valence-electron chi connectivity index (χ1n) is 12.2. The van der Waals surface area contributed by atoms with Gasteiger partial charge in [-0.2, -0.15) is 26.3 Å². The molecule has 3 aromatic rings. The minimum atomic E-state index is -4.67. The van der Waals surface area contributed by atoms with Crippen LogP contribution in [-0.2, 0) is 30.2 Å². The summed E-state index contributed by atoms with van der Waals surface area (Å²) in [6.07, 6.45) is -9.02. The number of amides is 1. The van der Waals surface area contributed by atoms with Gasteiger partial charge in [0.2, 0.25) is 0 Å². The van der Waals surface area contributed by atoms with Crippen LogP contribution in [0.25, 0.3) is 17.2 Å². The van der Waals surface area contributed by atoms with Crippen molar-refractivity contribution in [1.82, 2.24) is 4.90 Å². The minimum absolute atomic E-state index is 0.100. The number of methoxy groups -OCH3 is 2. The van der Waals surface area contributed by atoms with E-state index in [0.717, 1.165) is 41.8 Å². The van der Waals surface area contributed by atoms with Gasteiger partial charge in [0, 0.05) is 18.7 Å². The van der Waals surface area contributed by atoms with Crippen molar-refractivity contribution in [3.63, 3.8) is 0 Å². The molecule has 10 heteroatoms. The zero-order valence-electron chi connectivity index (χ0n) is 22.4. The number of alkyl halides is 6. The van der Waals surface area contributed by atoms with Crippen LogP contribution in [0.5, 0.6) is 5.75 Å². The lowest BCUT2D eigenvalue weighted by molar-refractivity contribution is -0.138. The summed E-state index contributed by atoms with van der Waals surface area (Å²) < 4.78 is 92.0. The molecule has 4 nitrogen and oxygen atoms in total. The molecule has 0 saturated carbocycles. The Morgan fingerprint density at radius 3 is 2.10 bits per heavy atom. The van der Waals surface area contributed by atoms with E-state index >= 15 is 0 Å². The smallest absolute Gasteiger partial charge is 0.416 e. The highest BCUT2D eigenvalue weighted by Gasteiger charge is 2.33. The lowest BCUT2D eigenvalue weighted by atomic mass is 9.92. The van der Waals surface area contributed by atoms with Crippen LogP contribution >= 0.6 is 0 Å². The summed E-state index contributed by atoms with van der Waals surface area (Å²) in [5, 5.41) is 0. The molecule has 0 bridgehead atoms. The topological polar surface area (TPSA) is 38.8 Å². The van der Waals surface area contributed by atoms with E-state index < -0.39 is 29.6 Å². The second kappa shape index (κ2) is 12.1. The van der Waals surface area contributed by atoms with Crippen LogP contribution < -0.4 is 4.74 Å². The van der Waals surface area contributed by atoms with Gasteiger partial charge in [-0.05, 0) is 76.2 Å². The highest BCUT2D eigenvalue weighted by molar-refractivity contribution is 5.76. The second-order valence-corrected chi connectivity index (χ2v) is 9.48. The molecule has 0 radical (unpaired) electrons. The summed E-state index contributed by atoms with van der Waals surface area (Å²) in [6.45, 7) is 6.69. The quantitative estimate of drug-likeness (QED) is 0.256. The molecule has 0 fully saturated rings. The number of nitrogens with zero attached hydrogens (tertiary/aromatic N) is 1. The Bertz CT molecular complexity index is 1380. The van der Waals surface area contributed by atoms with E-state index in [1.807, 2.05) is 19.9 Å². The SMILES string of the molecule is C=Cc1cc(CN(Cc2cc(C(F)(F)F)ccc2-c2cc(C(C)C)ccc2OC)C(=O)OC)cc(C(F)(F)F)c1. The van der Waals surface area contributed by atoms with Gasteiger partial charge in [-0.1, -0.05) is 38.6 Å². The number of halogens is 6. The van der Waals surface area contributed by atoms with Crippen LogP contribution in [0.1, 0.15) is 53.1 Å². The van der Waals surface area contributed by atoms with Crippen molar-refractivity contribution in [1.29, 1.82) is 0 Å². The zero-order valence-corrected chi connectivity index (χ0v) is 22.4. The van der Waals surface area contributed by atoms with Gasteiger partial charge in [0.05, 0.1) is 25.3 Å². The van der Waals surface area contributed by atoms with E-state index in [4.69, 9.17) is 9.47 Å². The van der Waals surface area contributed by atoms with Crippen molar-refractivity contribution in [3.05, 3.63) is 94.6 Å². The van der Waals surface area contributed by atoms with Gasteiger partial charge < -0.3 is 9.47 Å². The third kappa shape index (κ3) is 7.16.